The Bertz CT molecular complexity index is 1840. The molecule has 1 fully saturated rings. The number of aliphatic hydroxyl groups is 1. The molecular weight excluding hydrogens is 606 g/mol. The molecule has 0 unspecified atom stereocenters. The van der Waals surface area contributed by atoms with Crippen molar-refractivity contribution in [2.45, 2.75) is 51.8 Å². The van der Waals surface area contributed by atoms with Crippen molar-refractivity contribution in [3.05, 3.63) is 86.3 Å². The van der Waals surface area contributed by atoms with E-state index in [0.717, 1.165) is 59.6 Å². The highest BCUT2D eigenvalue weighted by atomic mass is 32.2. The number of amides is 1. The van der Waals surface area contributed by atoms with Crippen LogP contribution in [0.1, 0.15) is 51.0 Å². The van der Waals surface area contributed by atoms with E-state index in [9.17, 15) is 23.1 Å². The van der Waals surface area contributed by atoms with Gasteiger partial charge in [-0.25, -0.2) is 8.42 Å². The number of nitrogens with zero attached hydrogens (tertiary/aromatic N) is 3. The quantitative estimate of drug-likeness (QED) is 0.288. The molecule has 1 aromatic heterocycles. The number of aromatic amines is 1. The highest BCUT2D eigenvalue weighted by molar-refractivity contribution is 7.90. The predicted molar refractivity (Wildman–Crippen MR) is 178 cm³/mol. The lowest BCUT2D eigenvalue weighted by atomic mass is 10.00. The van der Waals surface area contributed by atoms with Crippen LogP contribution in [0.5, 0.6) is 5.75 Å². The second kappa shape index (κ2) is 13.0. The molecule has 3 N–H and O–H groups in total. The number of carbonyl (C=O) groups is 1. The van der Waals surface area contributed by atoms with Crippen molar-refractivity contribution in [1.29, 1.82) is 0 Å². The van der Waals surface area contributed by atoms with Crippen LogP contribution in [0.2, 0.25) is 0 Å². The number of aliphatic hydroxyl groups excluding tert-OH is 1. The predicted octanol–water partition coefficient (Wildman–Crippen LogP) is 2.99. The summed E-state index contributed by atoms with van der Waals surface area (Å²) in [6.07, 6.45) is 4.04. The maximum Gasteiger partial charge on any atom is 0.259 e. The van der Waals surface area contributed by atoms with Crippen molar-refractivity contribution < 1.29 is 23.1 Å². The fourth-order valence-corrected chi connectivity index (χ4v) is 7.15. The molecule has 2 aromatic carbocycles. The smallest absolute Gasteiger partial charge is 0.259 e. The van der Waals surface area contributed by atoms with E-state index in [2.05, 4.69) is 15.2 Å². The summed E-state index contributed by atoms with van der Waals surface area (Å²) in [5, 5.41) is 13.8. The third kappa shape index (κ3) is 7.03. The zero-order valence-corrected chi connectivity index (χ0v) is 27.3. The van der Waals surface area contributed by atoms with Crippen molar-refractivity contribution in [1.82, 2.24) is 14.8 Å². The number of anilines is 1. The van der Waals surface area contributed by atoms with Crippen LogP contribution in [0.3, 0.4) is 0 Å². The summed E-state index contributed by atoms with van der Waals surface area (Å²) in [6.45, 7) is 6.83. The molecule has 0 radical (unpaired) electrons. The lowest BCUT2D eigenvalue weighted by Crippen LogP contribution is -2.45. The summed E-state index contributed by atoms with van der Waals surface area (Å²) < 4.78 is 28.9. The summed E-state index contributed by atoms with van der Waals surface area (Å²) in [5.74, 6) is 0.885. The first-order valence-electron chi connectivity index (χ1n) is 15.7. The first kappa shape index (κ1) is 32.0. The molecule has 0 aliphatic carbocycles. The first-order valence-corrected chi connectivity index (χ1v) is 17.8. The number of hydrogen-bond donors (Lipinski definition) is 3. The zero-order chi connectivity index (χ0) is 32.6. The van der Waals surface area contributed by atoms with E-state index >= 15 is 0 Å². The van der Waals surface area contributed by atoms with Crippen molar-refractivity contribution >= 4 is 32.8 Å². The third-order valence-electron chi connectivity index (χ3n) is 9.07. The Labute approximate surface area is 269 Å². The Morgan fingerprint density at radius 2 is 1.89 bits per heavy atom. The SMILES string of the molecule is Cc1ccc(OC[C@H](O)CNc2cc[nH]c(=O)c2C2=Nc3cc4c(cc3C2)C(=O)N(C2CCN(CCS(C)(=O)=O)CC2)C4)c(C)c1. The van der Waals surface area contributed by atoms with E-state index < -0.39 is 15.9 Å². The number of piperidine rings is 1. The van der Waals surface area contributed by atoms with Gasteiger partial charge in [-0.05, 0) is 67.6 Å². The summed E-state index contributed by atoms with van der Waals surface area (Å²) >= 11 is 0. The number of rotatable bonds is 11. The van der Waals surface area contributed by atoms with Crippen LogP contribution in [0.4, 0.5) is 11.4 Å². The van der Waals surface area contributed by atoms with Crippen molar-refractivity contribution in [2.75, 3.05) is 50.1 Å². The largest absolute Gasteiger partial charge is 0.491 e. The highest BCUT2D eigenvalue weighted by Gasteiger charge is 2.36. The van der Waals surface area contributed by atoms with Gasteiger partial charge in [0, 0.05) is 63.2 Å². The van der Waals surface area contributed by atoms with Gasteiger partial charge in [-0.15, -0.1) is 0 Å². The van der Waals surface area contributed by atoms with Gasteiger partial charge in [-0.1, -0.05) is 17.7 Å². The fraction of sp³-hybridized carbons (Fsp3) is 0.441. The van der Waals surface area contributed by atoms with Crippen molar-refractivity contribution in [2.24, 2.45) is 4.99 Å². The van der Waals surface area contributed by atoms with Crippen LogP contribution in [0.25, 0.3) is 0 Å². The third-order valence-corrected chi connectivity index (χ3v) is 9.99. The standard InChI is InChI=1S/C34H41N5O6S/c1-21-4-5-31(22(2)14-21)45-20-26(40)18-36-28-6-9-35-33(41)32(28)30-16-23-15-27-24(17-29(23)37-30)19-39(34(27)42)25-7-10-38(11-8-25)12-13-46(3,43)44/h4-6,9,14-15,17,25-26,40H,7-8,10-13,16,18-20H2,1-3H3,(H2,35,36,41)/t26-/m1/s1. The van der Waals surface area contributed by atoms with Crippen LogP contribution in [0, 0.1) is 13.8 Å². The van der Waals surface area contributed by atoms with Crippen LogP contribution in [-0.2, 0) is 22.8 Å². The zero-order valence-electron chi connectivity index (χ0n) is 26.5. The van der Waals surface area contributed by atoms with Gasteiger partial charge in [-0.3, -0.25) is 14.6 Å². The number of H-pyrrole nitrogens is 1. The van der Waals surface area contributed by atoms with Crippen molar-refractivity contribution in [3.8, 4) is 5.75 Å². The Hall–Kier alpha value is -4.00. The molecule has 12 heteroatoms. The number of aliphatic imine (C=N–C) groups is 1. The topological polar surface area (TPSA) is 144 Å². The maximum atomic E-state index is 13.5. The molecule has 4 heterocycles. The molecule has 6 rings (SSSR count). The highest BCUT2D eigenvalue weighted by Crippen LogP contribution is 2.37. The lowest BCUT2D eigenvalue weighted by Gasteiger charge is -2.36. The number of likely N-dealkylation sites (tertiary alicyclic amines) is 1. The number of benzene rings is 2. The minimum atomic E-state index is -3.00. The van der Waals surface area contributed by atoms with Gasteiger partial charge >= 0.3 is 0 Å². The first-order chi connectivity index (χ1) is 21.9. The summed E-state index contributed by atoms with van der Waals surface area (Å²) in [6, 6.07) is 11.6. The van der Waals surface area contributed by atoms with Crippen LogP contribution >= 0.6 is 0 Å². The van der Waals surface area contributed by atoms with Gasteiger partial charge in [0.25, 0.3) is 11.5 Å². The van der Waals surface area contributed by atoms with Gasteiger partial charge in [0.2, 0.25) is 0 Å². The van der Waals surface area contributed by atoms with Gasteiger partial charge < -0.3 is 29.9 Å². The molecular formula is C34H41N5O6S. The molecule has 11 nitrogen and oxygen atoms in total. The monoisotopic (exact) mass is 647 g/mol. The number of nitrogens with one attached hydrogen (secondary N) is 2. The summed E-state index contributed by atoms with van der Waals surface area (Å²) in [4.78, 5) is 38.2. The summed E-state index contributed by atoms with van der Waals surface area (Å²) in [5.41, 5.74) is 6.72. The minimum absolute atomic E-state index is 0.0118. The van der Waals surface area contributed by atoms with Crippen LogP contribution < -0.4 is 15.6 Å². The number of fused-ring (bicyclic) bond motifs is 2. The average Bonchev–Trinajstić information content (AvgIpc) is 3.57. The molecule has 1 amide bonds. The van der Waals surface area contributed by atoms with Crippen LogP contribution in [0.15, 0.2) is 52.4 Å². The molecule has 0 spiro atoms. The number of hydrogen-bond acceptors (Lipinski definition) is 9. The summed E-state index contributed by atoms with van der Waals surface area (Å²) in [7, 11) is -3.00. The number of sulfone groups is 1. The Balaban J connectivity index is 1.10. The Kier molecular flexibility index (Phi) is 9.04. The van der Waals surface area contributed by atoms with E-state index in [1.54, 1.807) is 12.3 Å². The second-order valence-corrected chi connectivity index (χ2v) is 15.0. The second-order valence-electron chi connectivity index (χ2n) is 12.7. The molecule has 0 saturated carbocycles. The van der Waals surface area contributed by atoms with E-state index in [4.69, 9.17) is 9.73 Å². The number of carbonyl (C=O) groups excluding carboxylic acids is 1. The maximum absolute atomic E-state index is 13.5. The molecule has 3 aliphatic rings. The average molecular weight is 648 g/mol. The minimum Gasteiger partial charge on any atom is -0.491 e. The van der Waals surface area contributed by atoms with Gasteiger partial charge in [-0.2, -0.15) is 0 Å². The molecule has 244 valence electrons. The number of pyridine rings is 1. The van der Waals surface area contributed by atoms with E-state index in [1.807, 2.05) is 49.1 Å². The number of aromatic nitrogens is 1. The number of ether oxygens (including phenoxy) is 1. The molecule has 0 bridgehead atoms. The van der Waals surface area contributed by atoms with E-state index in [0.29, 0.717) is 42.0 Å². The Morgan fingerprint density at radius 1 is 1.11 bits per heavy atom. The lowest BCUT2D eigenvalue weighted by molar-refractivity contribution is 0.0602. The molecule has 1 atom stereocenters. The van der Waals surface area contributed by atoms with Crippen molar-refractivity contribution in [3.63, 3.8) is 0 Å². The van der Waals surface area contributed by atoms with Gasteiger partial charge in [0.05, 0.1) is 28.4 Å². The molecule has 46 heavy (non-hydrogen) atoms. The normalized spacial score (nSPS) is 17.5. The van der Waals surface area contributed by atoms with Gasteiger partial charge in [0.1, 0.15) is 28.3 Å². The van der Waals surface area contributed by atoms with E-state index in [1.165, 1.54) is 6.26 Å². The number of aryl methyl sites for hydroxylation is 2. The molecule has 3 aliphatic heterocycles. The van der Waals surface area contributed by atoms with E-state index in [-0.39, 0.29) is 36.4 Å². The van der Waals surface area contributed by atoms with Crippen LogP contribution in [-0.4, -0.2) is 96.9 Å². The fourth-order valence-electron chi connectivity index (χ4n) is 6.56. The molecule has 1 saturated heterocycles. The van der Waals surface area contributed by atoms with Gasteiger partial charge in [0.15, 0.2) is 0 Å². The molecule has 3 aromatic rings. The Morgan fingerprint density at radius 3 is 2.63 bits per heavy atom.